The normalized spacial score (nSPS) is 11.1. The molecule has 0 aliphatic rings. The van der Waals surface area contributed by atoms with Gasteiger partial charge in [0.1, 0.15) is 5.58 Å². The summed E-state index contributed by atoms with van der Waals surface area (Å²) >= 11 is 0. The maximum absolute atomic E-state index is 6.16. The van der Waals surface area contributed by atoms with E-state index in [1.807, 2.05) is 73.1 Å². The van der Waals surface area contributed by atoms with Gasteiger partial charge in [0.2, 0.25) is 0 Å². The summed E-state index contributed by atoms with van der Waals surface area (Å²) in [5.74, 6) is 0. The van der Waals surface area contributed by atoms with Crippen LogP contribution in [-0.2, 0) is 20.1 Å². The van der Waals surface area contributed by atoms with Crippen molar-refractivity contribution in [2.24, 2.45) is 0 Å². The first kappa shape index (κ1) is 30.3. The summed E-state index contributed by atoms with van der Waals surface area (Å²) in [7, 11) is -1.23. The number of benzene rings is 4. The van der Waals surface area contributed by atoms with Gasteiger partial charge < -0.3 is 14.4 Å². The number of hydrogen-bond donors (Lipinski definition) is 0. The Hall–Kier alpha value is -4.15. The predicted octanol–water partition coefficient (Wildman–Crippen LogP) is 9.52. The van der Waals surface area contributed by atoms with E-state index in [1.54, 1.807) is 0 Å². The van der Waals surface area contributed by atoms with E-state index in [0.717, 1.165) is 50.0 Å². The Balaban J connectivity index is 0.000000188. The molecule has 0 aliphatic carbocycles. The Morgan fingerprint density at radius 1 is 0.651 bits per heavy atom. The first-order chi connectivity index (χ1) is 20.3. The fourth-order valence-corrected chi connectivity index (χ4v) is 5.94. The summed E-state index contributed by atoms with van der Waals surface area (Å²) in [4.78, 5) is 8.97. The first-order valence-electron chi connectivity index (χ1n) is 14.2. The van der Waals surface area contributed by atoms with E-state index in [4.69, 9.17) is 4.42 Å². The number of rotatable bonds is 4. The number of furan rings is 1. The number of aryl methyl sites for hydroxylation is 1. The molecule has 0 saturated carbocycles. The third-order valence-corrected chi connectivity index (χ3v) is 9.35. The Labute approximate surface area is 268 Å². The molecular formula is C38H32IrN2OSi-2. The van der Waals surface area contributed by atoms with Crippen LogP contribution in [0.25, 0.3) is 55.6 Å². The van der Waals surface area contributed by atoms with Gasteiger partial charge in [0, 0.05) is 32.5 Å². The van der Waals surface area contributed by atoms with Crippen LogP contribution in [0.4, 0.5) is 0 Å². The van der Waals surface area contributed by atoms with Crippen LogP contribution in [0.1, 0.15) is 5.56 Å². The number of hydrogen-bond acceptors (Lipinski definition) is 3. The molecule has 3 aromatic heterocycles. The molecule has 0 amide bonds. The van der Waals surface area contributed by atoms with Crippen molar-refractivity contribution in [1.82, 2.24) is 9.97 Å². The Morgan fingerprint density at radius 2 is 1.44 bits per heavy atom. The predicted molar refractivity (Wildman–Crippen MR) is 177 cm³/mol. The van der Waals surface area contributed by atoms with Crippen LogP contribution < -0.4 is 5.19 Å². The second-order valence-corrected chi connectivity index (χ2v) is 16.6. The zero-order valence-electron chi connectivity index (χ0n) is 24.7. The maximum atomic E-state index is 6.16. The van der Waals surface area contributed by atoms with E-state index < -0.39 is 8.07 Å². The summed E-state index contributed by atoms with van der Waals surface area (Å²) in [6.07, 6.45) is 3.84. The molecule has 4 aromatic carbocycles. The van der Waals surface area contributed by atoms with Crippen molar-refractivity contribution in [2.45, 2.75) is 26.6 Å². The van der Waals surface area contributed by atoms with Crippen molar-refractivity contribution >= 4 is 35.2 Å². The molecule has 5 heteroatoms. The number of aromatic nitrogens is 2. The van der Waals surface area contributed by atoms with E-state index >= 15 is 0 Å². The van der Waals surface area contributed by atoms with Crippen molar-refractivity contribution in [3.8, 4) is 33.6 Å². The first-order valence-corrected chi connectivity index (χ1v) is 17.7. The van der Waals surface area contributed by atoms with Crippen LogP contribution in [0.15, 0.2) is 126 Å². The summed E-state index contributed by atoms with van der Waals surface area (Å²) in [5, 5.41) is 3.59. The smallest absolute Gasteiger partial charge is 0.124 e. The number of nitrogens with zero attached hydrogens (tertiary/aromatic N) is 2. The summed E-state index contributed by atoms with van der Waals surface area (Å²) in [6.45, 7) is 9.06. The van der Waals surface area contributed by atoms with Gasteiger partial charge in [-0.25, -0.2) is 0 Å². The summed E-state index contributed by atoms with van der Waals surface area (Å²) in [6, 6.07) is 43.6. The minimum atomic E-state index is -1.23. The fraction of sp³-hybridized carbons (Fsp3) is 0.105. The second kappa shape index (κ2) is 13.0. The van der Waals surface area contributed by atoms with Gasteiger partial charge in [0.05, 0.1) is 13.7 Å². The van der Waals surface area contributed by atoms with E-state index in [-0.39, 0.29) is 20.1 Å². The molecule has 3 heterocycles. The Bertz CT molecular complexity index is 1960. The van der Waals surface area contributed by atoms with Crippen LogP contribution in [0, 0.1) is 19.1 Å². The van der Waals surface area contributed by atoms with E-state index in [9.17, 15) is 0 Å². The third-order valence-electron chi connectivity index (χ3n) is 7.32. The molecule has 0 aliphatic heterocycles. The average molecular weight is 753 g/mol. The van der Waals surface area contributed by atoms with E-state index in [0.29, 0.717) is 0 Å². The van der Waals surface area contributed by atoms with Crippen LogP contribution in [0.3, 0.4) is 0 Å². The molecule has 3 nitrogen and oxygen atoms in total. The van der Waals surface area contributed by atoms with Crippen molar-refractivity contribution in [1.29, 1.82) is 0 Å². The van der Waals surface area contributed by atoms with Crippen LogP contribution >= 0.6 is 0 Å². The summed E-state index contributed by atoms with van der Waals surface area (Å²) < 4.78 is 6.16. The third kappa shape index (κ3) is 6.92. The van der Waals surface area contributed by atoms with Gasteiger partial charge in [-0.2, -0.15) is 0 Å². The zero-order valence-corrected chi connectivity index (χ0v) is 28.1. The van der Waals surface area contributed by atoms with Gasteiger partial charge in [-0.3, -0.25) is 0 Å². The second-order valence-electron chi connectivity index (χ2n) is 11.5. The molecule has 7 rings (SSSR count). The minimum absolute atomic E-state index is 0. The molecule has 0 fully saturated rings. The molecule has 0 spiro atoms. The number of pyridine rings is 2. The van der Waals surface area contributed by atoms with Gasteiger partial charge in [0.25, 0.3) is 0 Å². The molecule has 0 bridgehead atoms. The van der Waals surface area contributed by atoms with Gasteiger partial charge in [-0.15, -0.1) is 53.6 Å². The van der Waals surface area contributed by atoms with Gasteiger partial charge >= 0.3 is 0 Å². The topological polar surface area (TPSA) is 38.9 Å². The van der Waals surface area contributed by atoms with Gasteiger partial charge in [-0.1, -0.05) is 97.3 Å². The molecular weight excluding hydrogens is 721 g/mol. The standard InChI is InChI=1S/C24H16NO.C14H16NSi.Ir/c1-16-11-12-25-22(13-16)19-8-10-21-20-9-7-18(17-5-3-2-4-6-17)14-23(20)26-24(21)15-19;1-16(2,3)13-9-10-14(15-11-13)12-7-5-4-6-8-12;/h2-7,9-15H,1H3;4-7,9-11H,1-3H3;/q2*-1;. The van der Waals surface area contributed by atoms with Crippen LogP contribution in [0.5, 0.6) is 0 Å². The molecule has 0 atom stereocenters. The van der Waals surface area contributed by atoms with Crippen molar-refractivity contribution in [3.63, 3.8) is 0 Å². The van der Waals surface area contributed by atoms with Crippen molar-refractivity contribution < 1.29 is 24.5 Å². The molecule has 7 aromatic rings. The number of fused-ring (bicyclic) bond motifs is 3. The molecule has 0 saturated heterocycles. The Kier molecular flexibility index (Phi) is 9.17. The van der Waals surface area contributed by atoms with Crippen LogP contribution in [-0.4, -0.2) is 18.0 Å². The minimum Gasteiger partial charge on any atom is -0.476 e. The molecule has 215 valence electrons. The summed E-state index contributed by atoms with van der Waals surface area (Å²) in [5.41, 5.74) is 9.20. The molecule has 43 heavy (non-hydrogen) atoms. The SMILES string of the molecule is C[Si](C)(C)c1ccc(-c2[c-]cccc2)nc1.Cc1ccnc(-c2[c-]cc3c(c2)oc2cc(-c4ccccc4)ccc23)c1.[Ir]. The van der Waals surface area contributed by atoms with E-state index in [1.165, 1.54) is 16.3 Å². The molecule has 0 N–H and O–H groups in total. The molecule has 1 radical (unpaired) electrons. The van der Waals surface area contributed by atoms with Crippen molar-refractivity contribution in [2.75, 3.05) is 0 Å². The van der Waals surface area contributed by atoms with Gasteiger partial charge in [0.15, 0.2) is 0 Å². The average Bonchev–Trinajstić information content (AvgIpc) is 3.39. The Morgan fingerprint density at radius 3 is 2.14 bits per heavy atom. The zero-order chi connectivity index (χ0) is 29.1. The van der Waals surface area contributed by atoms with E-state index in [2.05, 4.69) is 97.2 Å². The van der Waals surface area contributed by atoms with Gasteiger partial charge in [-0.05, 0) is 52.1 Å². The molecule has 0 unspecified atom stereocenters. The fourth-order valence-electron chi connectivity index (χ4n) is 4.91. The maximum Gasteiger partial charge on any atom is 0.124 e. The van der Waals surface area contributed by atoms with Crippen molar-refractivity contribution in [3.05, 3.63) is 139 Å². The van der Waals surface area contributed by atoms with Crippen LogP contribution in [0.2, 0.25) is 19.6 Å². The quantitative estimate of drug-likeness (QED) is 0.133. The monoisotopic (exact) mass is 753 g/mol. The largest absolute Gasteiger partial charge is 0.476 e.